The number of hydrogen-bond acceptors (Lipinski definition) is 6. The van der Waals surface area contributed by atoms with Gasteiger partial charge in [0, 0.05) is 30.6 Å². The number of benzene rings is 1. The molecule has 3 N–H and O–H groups in total. The average Bonchev–Trinajstić information content (AvgIpc) is 3.44. The van der Waals surface area contributed by atoms with Crippen LogP contribution in [0.15, 0.2) is 9.59 Å². The Labute approximate surface area is 164 Å². The zero-order valence-corrected chi connectivity index (χ0v) is 16.1. The first kappa shape index (κ1) is 19.8. The Kier molecular flexibility index (Phi) is 4.86. The zero-order chi connectivity index (χ0) is 21.0. The molecule has 1 aromatic heterocycles. The van der Waals surface area contributed by atoms with Crippen molar-refractivity contribution in [3.05, 3.63) is 32.2 Å². The van der Waals surface area contributed by atoms with Crippen LogP contribution < -0.4 is 20.9 Å². The van der Waals surface area contributed by atoms with Crippen molar-refractivity contribution in [2.24, 2.45) is 5.92 Å². The van der Waals surface area contributed by atoms with Crippen LogP contribution in [0, 0.1) is 18.7 Å². The molecule has 0 radical (unpaired) electrons. The highest BCUT2D eigenvalue weighted by atomic mass is 19.1. The van der Waals surface area contributed by atoms with Crippen LogP contribution in [0.3, 0.4) is 0 Å². The number of aromatic amines is 1. The lowest BCUT2D eigenvalue weighted by atomic mass is 10.0. The molecule has 8 nitrogen and oxygen atoms in total. The number of aliphatic hydroxyl groups is 2. The van der Waals surface area contributed by atoms with Gasteiger partial charge in [0.05, 0.1) is 25.2 Å². The normalized spacial score (nSPS) is 23.0. The molecule has 1 aliphatic heterocycles. The topological polar surface area (TPSA) is 108 Å². The molecular weight excluding hydrogens is 388 g/mol. The molecule has 2 heterocycles. The lowest BCUT2D eigenvalue weighted by Gasteiger charge is -2.25. The number of nitrogens with zero attached hydrogens (tertiary/aromatic N) is 2. The number of alkyl halides is 1. The van der Waals surface area contributed by atoms with Gasteiger partial charge >= 0.3 is 5.69 Å². The van der Waals surface area contributed by atoms with Crippen molar-refractivity contribution in [1.29, 1.82) is 0 Å². The van der Waals surface area contributed by atoms with Crippen molar-refractivity contribution in [1.82, 2.24) is 9.55 Å². The van der Waals surface area contributed by atoms with Crippen molar-refractivity contribution in [3.63, 3.8) is 0 Å². The van der Waals surface area contributed by atoms with Crippen molar-refractivity contribution in [2.75, 3.05) is 31.7 Å². The smallest absolute Gasteiger partial charge is 0.329 e. The molecule has 2 aromatic rings. The van der Waals surface area contributed by atoms with Crippen LogP contribution in [-0.2, 0) is 0 Å². The summed E-state index contributed by atoms with van der Waals surface area (Å²) in [5.74, 6) is -1.65. The third-order valence-electron chi connectivity index (χ3n) is 5.89. The molecule has 3 atom stereocenters. The number of H-pyrrole nitrogens is 1. The highest BCUT2D eigenvalue weighted by Crippen LogP contribution is 2.45. The summed E-state index contributed by atoms with van der Waals surface area (Å²) in [6, 6.07) is -0.120. The summed E-state index contributed by atoms with van der Waals surface area (Å²) in [6.45, 7) is 0.571. The number of hydrogen-bond donors (Lipinski definition) is 3. The predicted molar refractivity (Wildman–Crippen MR) is 102 cm³/mol. The van der Waals surface area contributed by atoms with E-state index in [0.29, 0.717) is 0 Å². The van der Waals surface area contributed by atoms with Gasteiger partial charge in [0.25, 0.3) is 5.56 Å². The summed E-state index contributed by atoms with van der Waals surface area (Å²) >= 11 is 0. The van der Waals surface area contributed by atoms with Gasteiger partial charge in [-0.15, -0.1) is 0 Å². The van der Waals surface area contributed by atoms with Gasteiger partial charge in [-0.2, -0.15) is 0 Å². The average molecular weight is 411 g/mol. The lowest BCUT2D eigenvalue weighted by molar-refractivity contribution is 0.0306. The number of fused-ring (bicyclic) bond motifs is 1. The monoisotopic (exact) mass is 411 g/mol. The van der Waals surface area contributed by atoms with Gasteiger partial charge in [0.2, 0.25) is 0 Å². The highest BCUT2D eigenvalue weighted by Gasteiger charge is 2.41. The Balaban J connectivity index is 1.99. The van der Waals surface area contributed by atoms with Crippen LogP contribution in [0.5, 0.6) is 5.75 Å². The third-order valence-corrected chi connectivity index (χ3v) is 5.89. The van der Waals surface area contributed by atoms with E-state index in [2.05, 4.69) is 4.98 Å². The second-order valence-corrected chi connectivity index (χ2v) is 7.74. The van der Waals surface area contributed by atoms with Gasteiger partial charge in [0.1, 0.15) is 17.4 Å². The molecule has 1 aromatic carbocycles. The van der Waals surface area contributed by atoms with Crippen LogP contribution in [0.1, 0.15) is 24.4 Å². The molecular formula is C19H23F2N3O5. The van der Waals surface area contributed by atoms with E-state index in [4.69, 9.17) is 9.84 Å². The molecule has 29 heavy (non-hydrogen) atoms. The van der Waals surface area contributed by atoms with Crippen molar-refractivity contribution < 1.29 is 23.7 Å². The fraction of sp³-hybridized carbons (Fsp3) is 0.579. The van der Waals surface area contributed by atoms with E-state index >= 15 is 4.39 Å². The summed E-state index contributed by atoms with van der Waals surface area (Å²) in [7, 11) is 1.30. The second-order valence-electron chi connectivity index (χ2n) is 7.74. The Bertz CT molecular complexity index is 1080. The van der Waals surface area contributed by atoms with Gasteiger partial charge in [0.15, 0.2) is 11.6 Å². The lowest BCUT2D eigenvalue weighted by Crippen LogP contribution is -2.32. The Morgan fingerprint density at radius 2 is 2.00 bits per heavy atom. The molecule has 2 fully saturated rings. The number of aryl methyl sites for hydroxylation is 1. The van der Waals surface area contributed by atoms with Crippen molar-refractivity contribution >= 4 is 16.6 Å². The molecule has 3 unspecified atom stereocenters. The molecule has 2 aliphatic rings. The number of methoxy groups -OCH3 is 1. The van der Waals surface area contributed by atoms with Gasteiger partial charge in [-0.1, -0.05) is 0 Å². The number of nitrogens with one attached hydrogen (secondary N) is 1. The summed E-state index contributed by atoms with van der Waals surface area (Å²) in [5.41, 5.74) is -1.13. The molecule has 0 amide bonds. The van der Waals surface area contributed by atoms with Gasteiger partial charge in [-0.05, 0) is 19.8 Å². The quantitative estimate of drug-likeness (QED) is 0.666. The fourth-order valence-electron chi connectivity index (χ4n) is 4.25. The standard InChI is InChI=1S/C19H23F2N3O5/c1-8-13-15(24(9-3-4-9)19(28)22-18(13)27)17(29-2)16(14(8)21)23-5-10(11(20)6-23)12(26)7-25/h9-12,25-26H,3-7H2,1-2H3,(H,22,27,28). The first-order valence-electron chi connectivity index (χ1n) is 9.52. The minimum absolute atomic E-state index is 0.00969. The van der Waals surface area contributed by atoms with Crippen molar-refractivity contribution in [3.8, 4) is 5.75 Å². The van der Waals surface area contributed by atoms with Crippen LogP contribution in [-0.4, -0.2) is 58.8 Å². The maximum Gasteiger partial charge on any atom is 0.329 e. The van der Waals surface area contributed by atoms with Gasteiger partial charge in [-0.3, -0.25) is 14.3 Å². The van der Waals surface area contributed by atoms with E-state index in [1.54, 1.807) is 0 Å². The number of halogens is 2. The molecule has 10 heteroatoms. The largest absolute Gasteiger partial charge is 0.492 e. The van der Waals surface area contributed by atoms with Crippen LogP contribution in [0.25, 0.3) is 10.9 Å². The fourth-order valence-corrected chi connectivity index (χ4v) is 4.25. The molecule has 4 rings (SSSR count). The summed E-state index contributed by atoms with van der Waals surface area (Å²) < 4.78 is 36.8. The first-order chi connectivity index (χ1) is 13.8. The number of aromatic nitrogens is 2. The molecule has 0 bridgehead atoms. The Morgan fingerprint density at radius 3 is 2.59 bits per heavy atom. The molecule has 0 spiro atoms. The minimum Gasteiger partial charge on any atom is -0.492 e. The van der Waals surface area contributed by atoms with E-state index in [1.807, 2.05) is 0 Å². The van der Waals surface area contributed by atoms with E-state index in [9.17, 15) is 19.1 Å². The Morgan fingerprint density at radius 1 is 1.31 bits per heavy atom. The van der Waals surface area contributed by atoms with Crippen LogP contribution >= 0.6 is 0 Å². The molecule has 1 aliphatic carbocycles. The van der Waals surface area contributed by atoms with E-state index < -0.39 is 41.9 Å². The van der Waals surface area contributed by atoms with E-state index in [0.717, 1.165) is 12.8 Å². The first-order valence-corrected chi connectivity index (χ1v) is 9.52. The van der Waals surface area contributed by atoms with Crippen LogP contribution in [0.2, 0.25) is 0 Å². The predicted octanol–water partition coefficient (Wildman–Crippen LogP) is 0.608. The molecule has 1 saturated carbocycles. The molecule has 1 saturated heterocycles. The zero-order valence-electron chi connectivity index (χ0n) is 16.1. The summed E-state index contributed by atoms with van der Waals surface area (Å²) in [5, 5.41) is 19.1. The third kappa shape index (κ3) is 3.01. The molecule has 158 valence electrons. The van der Waals surface area contributed by atoms with Crippen molar-refractivity contribution in [2.45, 2.75) is 38.1 Å². The summed E-state index contributed by atoms with van der Waals surface area (Å²) in [6.07, 6.45) is -1.27. The van der Waals surface area contributed by atoms with E-state index in [1.165, 1.54) is 23.5 Å². The van der Waals surface area contributed by atoms with Gasteiger partial charge in [-0.25, -0.2) is 13.6 Å². The number of aliphatic hydroxyl groups excluding tert-OH is 2. The highest BCUT2D eigenvalue weighted by molar-refractivity contribution is 5.93. The Hall–Kier alpha value is -2.46. The SMILES string of the molecule is COc1c(N2CC(F)C(C(O)CO)C2)c(F)c(C)c2c(=O)[nH]c(=O)n(C3CC3)c12. The second kappa shape index (κ2) is 7.10. The summed E-state index contributed by atoms with van der Waals surface area (Å²) in [4.78, 5) is 28.6. The number of rotatable bonds is 5. The minimum atomic E-state index is -1.48. The van der Waals surface area contributed by atoms with Crippen LogP contribution in [0.4, 0.5) is 14.5 Å². The maximum absolute atomic E-state index is 15.4. The maximum atomic E-state index is 15.4. The van der Waals surface area contributed by atoms with Gasteiger partial charge < -0.3 is 19.8 Å². The number of ether oxygens (including phenoxy) is 1. The van der Waals surface area contributed by atoms with E-state index in [-0.39, 0.29) is 47.0 Å². The number of anilines is 1.